The number of carboxylic acids is 1. The number of hydrogen-bond donors (Lipinski definition) is 1. The van der Waals surface area contributed by atoms with Crippen molar-refractivity contribution < 1.29 is 19.4 Å². The summed E-state index contributed by atoms with van der Waals surface area (Å²) in [5, 5.41) is 9.33. The topological polar surface area (TPSA) is 55.8 Å². The smallest absolute Gasteiger partial charge is 0.306 e. The molecule has 19 heavy (non-hydrogen) atoms. The normalized spacial score (nSPS) is 20.2. The first-order chi connectivity index (χ1) is 9.19. The Morgan fingerprint density at radius 2 is 2.42 bits per heavy atom. The number of methoxy groups -OCH3 is 1. The Morgan fingerprint density at radius 1 is 1.58 bits per heavy atom. The number of hydrogen-bond acceptors (Lipinski definition) is 3. The van der Waals surface area contributed by atoms with Crippen molar-refractivity contribution in [2.75, 3.05) is 13.7 Å². The van der Waals surface area contributed by atoms with Crippen LogP contribution < -0.4 is 4.74 Å². The zero-order valence-electron chi connectivity index (χ0n) is 11.2. The van der Waals surface area contributed by atoms with Crippen molar-refractivity contribution in [1.29, 1.82) is 0 Å². The van der Waals surface area contributed by atoms with Gasteiger partial charge in [0.05, 0.1) is 19.1 Å². The minimum Gasteiger partial charge on any atom is -0.497 e. The fourth-order valence-corrected chi connectivity index (χ4v) is 2.50. The van der Waals surface area contributed by atoms with Crippen molar-refractivity contribution in [3.05, 3.63) is 29.8 Å². The van der Waals surface area contributed by atoms with Crippen LogP contribution in [0, 0.1) is 5.92 Å². The summed E-state index contributed by atoms with van der Waals surface area (Å²) in [5.41, 5.74) is 0.991. The average molecular weight is 264 g/mol. The average Bonchev–Trinajstić information content (AvgIpc) is 2.91. The maximum absolute atomic E-state index is 11.4. The summed E-state index contributed by atoms with van der Waals surface area (Å²) in [5.74, 6) is -0.382. The third kappa shape index (κ3) is 3.96. The number of carboxylic acid groups (broad SMARTS) is 1. The molecule has 0 aromatic heterocycles. The molecule has 1 aliphatic rings. The molecule has 4 heteroatoms. The van der Waals surface area contributed by atoms with Crippen molar-refractivity contribution in [3.63, 3.8) is 0 Å². The summed E-state index contributed by atoms with van der Waals surface area (Å²) in [7, 11) is 1.61. The van der Waals surface area contributed by atoms with Crippen LogP contribution in [0.15, 0.2) is 24.3 Å². The molecule has 4 nitrogen and oxygen atoms in total. The molecule has 0 spiro atoms. The fourth-order valence-electron chi connectivity index (χ4n) is 2.50. The van der Waals surface area contributed by atoms with Gasteiger partial charge in [0.15, 0.2) is 0 Å². The zero-order valence-corrected chi connectivity index (χ0v) is 11.2. The molecule has 0 saturated carbocycles. The largest absolute Gasteiger partial charge is 0.497 e. The highest BCUT2D eigenvalue weighted by Crippen LogP contribution is 2.24. The molecule has 0 bridgehead atoms. The maximum atomic E-state index is 11.4. The predicted octanol–water partition coefficient (Wildman–Crippen LogP) is 2.51. The van der Waals surface area contributed by atoms with Crippen molar-refractivity contribution in [2.45, 2.75) is 31.8 Å². The predicted molar refractivity (Wildman–Crippen MR) is 71.4 cm³/mol. The summed E-state index contributed by atoms with van der Waals surface area (Å²) in [6.07, 6.45) is 3.23. The summed E-state index contributed by atoms with van der Waals surface area (Å²) in [6.45, 7) is 0.760. The molecule has 2 unspecified atom stereocenters. The highest BCUT2D eigenvalue weighted by atomic mass is 16.5. The lowest BCUT2D eigenvalue weighted by Crippen LogP contribution is -2.22. The van der Waals surface area contributed by atoms with E-state index in [0.29, 0.717) is 12.8 Å². The lowest BCUT2D eigenvalue weighted by atomic mass is 9.93. The Morgan fingerprint density at radius 3 is 3.05 bits per heavy atom. The lowest BCUT2D eigenvalue weighted by molar-refractivity contribution is -0.142. The van der Waals surface area contributed by atoms with Gasteiger partial charge in [0.2, 0.25) is 0 Å². The third-order valence-electron chi connectivity index (χ3n) is 3.54. The molecule has 1 N–H and O–H groups in total. The Labute approximate surface area is 113 Å². The lowest BCUT2D eigenvalue weighted by Gasteiger charge is -2.17. The van der Waals surface area contributed by atoms with Crippen LogP contribution >= 0.6 is 0 Å². The van der Waals surface area contributed by atoms with Gasteiger partial charge in [-0.05, 0) is 43.4 Å². The summed E-state index contributed by atoms with van der Waals surface area (Å²) >= 11 is 0. The molecule has 0 aliphatic carbocycles. The zero-order chi connectivity index (χ0) is 13.7. The molecular formula is C15H20O4. The molecule has 1 heterocycles. The Kier molecular flexibility index (Phi) is 4.80. The summed E-state index contributed by atoms with van der Waals surface area (Å²) in [6, 6.07) is 7.58. The van der Waals surface area contributed by atoms with Crippen LogP contribution in [0.3, 0.4) is 0 Å². The molecule has 1 aromatic carbocycles. The number of carbonyl (C=O) groups is 1. The molecule has 1 fully saturated rings. The first kappa shape index (κ1) is 13.9. The van der Waals surface area contributed by atoms with Gasteiger partial charge in [-0.25, -0.2) is 0 Å². The highest BCUT2D eigenvalue weighted by molar-refractivity contribution is 5.70. The molecule has 2 atom stereocenters. The molecule has 1 aliphatic heterocycles. The van der Waals surface area contributed by atoms with Crippen LogP contribution in [-0.4, -0.2) is 30.9 Å². The molecule has 0 amide bonds. The van der Waals surface area contributed by atoms with Gasteiger partial charge < -0.3 is 14.6 Å². The standard InChI is InChI=1S/C15H20O4/c1-18-13-5-2-4-11(9-13)8-12(15(16)17)10-14-6-3-7-19-14/h2,4-5,9,12,14H,3,6-8,10H2,1H3,(H,16,17). The second kappa shape index (κ2) is 6.57. The van der Waals surface area contributed by atoms with E-state index in [2.05, 4.69) is 0 Å². The van der Waals surface area contributed by atoms with Crippen LogP contribution in [0.2, 0.25) is 0 Å². The molecule has 1 saturated heterocycles. The summed E-state index contributed by atoms with van der Waals surface area (Å²) in [4.78, 5) is 11.4. The van der Waals surface area contributed by atoms with E-state index in [4.69, 9.17) is 9.47 Å². The van der Waals surface area contributed by atoms with Crippen LogP contribution in [0.4, 0.5) is 0 Å². The van der Waals surface area contributed by atoms with Gasteiger partial charge in [0, 0.05) is 6.61 Å². The maximum Gasteiger partial charge on any atom is 0.306 e. The van der Waals surface area contributed by atoms with E-state index in [9.17, 15) is 9.90 Å². The number of ether oxygens (including phenoxy) is 2. The number of aliphatic carboxylic acids is 1. The van der Waals surface area contributed by atoms with E-state index in [1.165, 1.54) is 0 Å². The third-order valence-corrected chi connectivity index (χ3v) is 3.54. The number of rotatable bonds is 6. The number of benzene rings is 1. The Hall–Kier alpha value is -1.55. The summed E-state index contributed by atoms with van der Waals surface area (Å²) < 4.78 is 10.7. The monoisotopic (exact) mass is 264 g/mol. The van der Waals surface area contributed by atoms with Crippen LogP contribution in [0.25, 0.3) is 0 Å². The SMILES string of the molecule is COc1cccc(CC(CC2CCCO2)C(=O)O)c1. The van der Waals surface area contributed by atoms with E-state index in [0.717, 1.165) is 30.8 Å². The molecule has 1 aromatic rings. The second-order valence-corrected chi connectivity index (χ2v) is 4.96. The molecule has 2 rings (SSSR count). The Bertz CT molecular complexity index is 424. The second-order valence-electron chi connectivity index (χ2n) is 4.96. The van der Waals surface area contributed by atoms with E-state index < -0.39 is 11.9 Å². The van der Waals surface area contributed by atoms with Gasteiger partial charge in [-0.15, -0.1) is 0 Å². The van der Waals surface area contributed by atoms with Crippen LogP contribution in [-0.2, 0) is 16.0 Å². The van der Waals surface area contributed by atoms with Gasteiger partial charge in [-0.3, -0.25) is 4.79 Å². The van der Waals surface area contributed by atoms with Gasteiger partial charge >= 0.3 is 5.97 Å². The minimum absolute atomic E-state index is 0.103. The van der Waals surface area contributed by atoms with Gasteiger partial charge in [0.25, 0.3) is 0 Å². The van der Waals surface area contributed by atoms with Crippen molar-refractivity contribution in [2.24, 2.45) is 5.92 Å². The van der Waals surface area contributed by atoms with E-state index in [1.54, 1.807) is 7.11 Å². The van der Waals surface area contributed by atoms with Crippen molar-refractivity contribution in [3.8, 4) is 5.75 Å². The minimum atomic E-state index is -0.752. The van der Waals surface area contributed by atoms with E-state index in [-0.39, 0.29) is 6.10 Å². The van der Waals surface area contributed by atoms with Gasteiger partial charge in [0.1, 0.15) is 5.75 Å². The van der Waals surface area contributed by atoms with Crippen molar-refractivity contribution >= 4 is 5.97 Å². The first-order valence-corrected chi connectivity index (χ1v) is 6.66. The quantitative estimate of drug-likeness (QED) is 0.857. The fraction of sp³-hybridized carbons (Fsp3) is 0.533. The molecular weight excluding hydrogens is 244 g/mol. The van der Waals surface area contributed by atoms with E-state index in [1.807, 2.05) is 24.3 Å². The van der Waals surface area contributed by atoms with Crippen molar-refractivity contribution in [1.82, 2.24) is 0 Å². The van der Waals surface area contributed by atoms with E-state index >= 15 is 0 Å². The molecule has 104 valence electrons. The molecule has 0 radical (unpaired) electrons. The highest BCUT2D eigenvalue weighted by Gasteiger charge is 2.25. The van der Waals surface area contributed by atoms with Gasteiger partial charge in [-0.1, -0.05) is 12.1 Å². The Balaban J connectivity index is 2.00. The van der Waals surface area contributed by atoms with Crippen LogP contribution in [0.1, 0.15) is 24.8 Å². The van der Waals surface area contributed by atoms with Crippen LogP contribution in [0.5, 0.6) is 5.75 Å². The first-order valence-electron chi connectivity index (χ1n) is 6.66. The van der Waals surface area contributed by atoms with Gasteiger partial charge in [-0.2, -0.15) is 0 Å².